The molecule has 2 aromatic rings. The highest BCUT2D eigenvalue weighted by Gasteiger charge is 2.01. The summed E-state index contributed by atoms with van der Waals surface area (Å²) in [5.41, 5.74) is 2.94. The van der Waals surface area contributed by atoms with Crippen LogP contribution < -0.4 is 0 Å². The van der Waals surface area contributed by atoms with E-state index in [4.69, 9.17) is 5.11 Å². The summed E-state index contributed by atoms with van der Waals surface area (Å²) in [5, 5.41) is 9.05. The van der Waals surface area contributed by atoms with Crippen molar-refractivity contribution in [1.29, 1.82) is 0 Å². The fraction of sp³-hybridized carbons (Fsp3) is 0.231. The molecular formula is C13H14N2O. The molecule has 0 bridgehead atoms. The Kier molecular flexibility index (Phi) is 3.27. The van der Waals surface area contributed by atoms with Crippen LogP contribution in [0.15, 0.2) is 36.7 Å². The summed E-state index contributed by atoms with van der Waals surface area (Å²) in [5.74, 6) is 0.701. The van der Waals surface area contributed by atoms with Crippen LogP contribution >= 0.6 is 0 Å². The molecule has 2 rings (SSSR count). The highest BCUT2D eigenvalue weighted by Crippen LogP contribution is 2.16. The number of hydrogen-bond acceptors (Lipinski definition) is 3. The first-order valence-electron chi connectivity index (χ1n) is 5.34. The number of aliphatic hydroxyl groups is 1. The summed E-state index contributed by atoms with van der Waals surface area (Å²) in [6.45, 7) is 2.12. The molecule has 3 nitrogen and oxygen atoms in total. The van der Waals surface area contributed by atoms with Crippen LogP contribution in [-0.4, -0.2) is 15.1 Å². The maximum absolute atomic E-state index is 9.05. The van der Waals surface area contributed by atoms with Crippen molar-refractivity contribution >= 4 is 0 Å². The molecule has 16 heavy (non-hydrogen) atoms. The van der Waals surface area contributed by atoms with Gasteiger partial charge < -0.3 is 5.11 Å². The normalized spacial score (nSPS) is 10.4. The third-order valence-corrected chi connectivity index (χ3v) is 2.48. The van der Waals surface area contributed by atoms with Crippen molar-refractivity contribution < 1.29 is 5.11 Å². The van der Waals surface area contributed by atoms with Crippen molar-refractivity contribution in [1.82, 2.24) is 9.97 Å². The second kappa shape index (κ2) is 4.86. The molecule has 0 aliphatic heterocycles. The molecule has 0 saturated heterocycles. The molecule has 0 fully saturated rings. The van der Waals surface area contributed by atoms with Crippen LogP contribution in [0.3, 0.4) is 0 Å². The van der Waals surface area contributed by atoms with E-state index in [1.807, 2.05) is 36.7 Å². The van der Waals surface area contributed by atoms with Crippen LogP contribution in [0.2, 0.25) is 0 Å². The van der Waals surface area contributed by atoms with Crippen LogP contribution in [0.1, 0.15) is 18.1 Å². The van der Waals surface area contributed by atoms with E-state index in [9.17, 15) is 0 Å². The van der Waals surface area contributed by atoms with Crippen molar-refractivity contribution in [2.75, 3.05) is 0 Å². The highest BCUT2D eigenvalue weighted by atomic mass is 16.3. The number of nitrogens with zero attached hydrogens (tertiary/aromatic N) is 2. The zero-order valence-electron chi connectivity index (χ0n) is 9.22. The van der Waals surface area contributed by atoms with E-state index in [2.05, 4.69) is 16.9 Å². The van der Waals surface area contributed by atoms with Gasteiger partial charge in [-0.15, -0.1) is 0 Å². The topological polar surface area (TPSA) is 46.0 Å². The van der Waals surface area contributed by atoms with Gasteiger partial charge in [-0.1, -0.05) is 25.1 Å². The molecule has 1 heterocycles. The van der Waals surface area contributed by atoms with E-state index in [1.165, 1.54) is 0 Å². The predicted molar refractivity (Wildman–Crippen MR) is 62.8 cm³/mol. The molecule has 0 spiro atoms. The van der Waals surface area contributed by atoms with E-state index >= 15 is 0 Å². The number of benzene rings is 1. The standard InChI is InChI=1S/C13H14N2O/c1-2-10-7-14-13(15-8-10)12-5-3-4-11(6-12)9-16/h3-8,16H,2,9H2,1H3. The SMILES string of the molecule is CCc1cnc(-c2cccc(CO)c2)nc1. The molecular weight excluding hydrogens is 200 g/mol. The summed E-state index contributed by atoms with van der Waals surface area (Å²) in [7, 11) is 0. The molecule has 82 valence electrons. The number of aliphatic hydroxyl groups excluding tert-OH is 1. The van der Waals surface area contributed by atoms with Crippen LogP contribution in [0, 0.1) is 0 Å². The lowest BCUT2D eigenvalue weighted by Crippen LogP contribution is -1.92. The molecule has 3 heteroatoms. The number of aromatic nitrogens is 2. The monoisotopic (exact) mass is 214 g/mol. The van der Waals surface area contributed by atoms with E-state index < -0.39 is 0 Å². The molecule has 0 aliphatic carbocycles. The molecule has 0 atom stereocenters. The molecule has 0 aliphatic rings. The van der Waals surface area contributed by atoms with Crippen molar-refractivity contribution in [3.63, 3.8) is 0 Å². The van der Waals surface area contributed by atoms with E-state index in [0.717, 1.165) is 23.1 Å². The van der Waals surface area contributed by atoms with Gasteiger partial charge in [0.15, 0.2) is 5.82 Å². The quantitative estimate of drug-likeness (QED) is 0.852. The van der Waals surface area contributed by atoms with Gasteiger partial charge in [0.25, 0.3) is 0 Å². The van der Waals surface area contributed by atoms with Gasteiger partial charge in [-0.05, 0) is 23.6 Å². The molecule has 1 aromatic carbocycles. The average Bonchev–Trinajstić information content (AvgIpc) is 2.39. The molecule has 0 unspecified atom stereocenters. The lowest BCUT2D eigenvalue weighted by atomic mass is 10.1. The Balaban J connectivity index is 2.34. The summed E-state index contributed by atoms with van der Waals surface area (Å²) in [6.07, 6.45) is 4.62. The number of rotatable bonds is 3. The lowest BCUT2D eigenvalue weighted by Gasteiger charge is -2.02. The second-order valence-electron chi connectivity index (χ2n) is 3.63. The molecule has 0 saturated carbocycles. The lowest BCUT2D eigenvalue weighted by molar-refractivity contribution is 0.282. The van der Waals surface area contributed by atoms with Crippen LogP contribution in [0.5, 0.6) is 0 Å². The maximum atomic E-state index is 9.05. The number of aryl methyl sites for hydroxylation is 1. The van der Waals surface area contributed by atoms with Gasteiger partial charge in [0.2, 0.25) is 0 Å². The van der Waals surface area contributed by atoms with Gasteiger partial charge in [-0.2, -0.15) is 0 Å². The molecule has 0 amide bonds. The first kappa shape index (κ1) is 10.8. The van der Waals surface area contributed by atoms with E-state index in [0.29, 0.717) is 5.82 Å². The van der Waals surface area contributed by atoms with Crippen molar-refractivity contribution in [3.8, 4) is 11.4 Å². The zero-order valence-corrected chi connectivity index (χ0v) is 9.22. The van der Waals surface area contributed by atoms with Gasteiger partial charge in [0.05, 0.1) is 6.61 Å². The Morgan fingerprint density at radius 1 is 1.12 bits per heavy atom. The van der Waals surface area contributed by atoms with Crippen LogP contribution in [0.25, 0.3) is 11.4 Å². The summed E-state index contributed by atoms with van der Waals surface area (Å²) >= 11 is 0. The predicted octanol–water partition coefficient (Wildman–Crippen LogP) is 2.20. The Morgan fingerprint density at radius 3 is 2.50 bits per heavy atom. The smallest absolute Gasteiger partial charge is 0.159 e. The van der Waals surface area contributed by atoms with Gasteiger partial charge in [-0.25, -0.2) is 9.97 Å². The van der Waals surface area contributed by atoms with Gasteiger partial charge in [0.1, 0.15) is 0 Å². The Hall–Kier alpha value is -1.74. The molecule has 0 radical (unpaired) electrons. The van der Waals surface area contributed by atoms with E-state index in [1.54, 1.807) is 0 Å². The first-order chi connectivity index (χ1) is 7.83. The summed E-state index contributed by atoms with van der Waals surface area (Å²) in [4.78, 5) is 8.60. The van der Waals surface area contributed by atoms with Crippen LogP contribution in [0.4, 0.5) is 0 Å². The van der Waals surface area contributed by atoms with Crippen molar-refractivity contribution in [2.45, 2.75) is 20.0 Å². The Labute approximate surface area is 94.8 Å². The molecule has 1 aromatic heterocycles. The molecule has 1 N–H and O–H groups in total. The van der Waals surface area contributed by atoms with Gasteiger partial charge >= 0.3 is 0 Å². The minimum atomic E-state index is 0.0425. The fourth-order valence-corrected chi connectivity index (χ4v) is 1.50. The van der Waals surface area contributed by atoms with Gasteiger partial charge in [0, 0.05) is 18.0 Å². The van der Waals surface area contributed by atoms with Crippen molar-refractivity contribution in [2.24, 2.45) is 0 Å². The summed E-state index contributed by atoms with van der Waals surface area (Å²) < 4.78 is 0. The first-order valence-corrected chi connectivity index (χ1v) is 5.34. The van der Waals surface area contributed by atoms with Crippen molar-refractivity contribution in [3.05, 3.63) is 47.8 Å². The maximum Gasteiger partial charge on any atom is 0.159 e. The zero-order chi connectivity index (χ0) is 11.4. The summed E-state index contributed by atoms with van der Waals surface area (Å²) in [6, 6.07) is 7.63. The Morgan fingerprint density at radius 2 is 1.88 bits per heavy atom. The van der Waals surface area contributed by atoms with Gasteiger partial charge in [-0.3, -0.25) is 0 Å². The fourth-order valence-electron chi connectivity index (χ4n) is 1.50. The highest BCUT2D eigenvalue weighted by molar-refractivity contribution is 5.55. The van der Waals surface area contributed by atoms with Crippen LogP contribution in [-0.2, 0) is 13.0 Å². The third kappa shape index (κ3) is 2.25. The minimum Gasteiger partial charge on any atom is -0.392 e. The van der Waals surface area contributed by atoms with E-state index in [-0.39, 0.29) is 6.61 Å². The third-order valence-electron chi connectivity index (χ3n) is 2.48. The second-order valence-corrected chi connectivity index (χ2v) is 3.63. The largest absolute Gasteiger partial charge is 0.392 e. The minimum absolute atomic E-state index is 0.0425. The average molecular weight is 214 g/mol. The number of hydrogen-bond donors (Lipinski definition) is 1. The Bertz CT molecular complexity index is 466.